The number of ether oxygens (including phenoxy) is 1. The molecule has 0 bridgehead atoms. The highest BCUT2D eigenvalue weighted by Gasteiger charge is 2.30. The van der Waals surface area contributed by atoms with E-state index in [2.05, 4.69) is 0 Å². The highest BCUT2D eigenvalue weighted by molar-refractivity contribution is 5.45. The van der Waals surface area contributed by atoms with Crippen LogP contribution in [0.1, 0.15) is 24.5 Å². The first-order chi connectivity index (χ1) is 9.39. The topological polar surface area (TPSA) is 36.3 Å². The molecule has 0 unspecified atom stereocenters. The van der Waals surface area contributed by atoms with Crippen molar-refractivity contribution in [2.75, 3.05) is 20.2 Å². The van der Waals surface area contributed by atoms with Gasteiger partial charge in [0.05, 0.1) is 19.2 Å². The van der Waals surface area contributed by atoms with Gasteiger partial charge in [0, 0.05) is 6.54 Å². The molecule has 3 nitrogen and oxygen atoms in total. The van der Waals surface area contributed by atoms with Gasteiger partial charge in [-0.3, -0.25) is 4.90 Å². The van der Waals surface area contributed by atoms with E-state index in [-0.39, 0.29) is 6.54 Å². The van der Waals surface area contributed by atoms with Crippen LogP contribution in [0.4, 0.5) is 13.2 Å². The fourth-order valence-corrected chi connectivity index (χ4v) is 1.97. The highest BCUT2D eigenvalue weighted by Crippen LogP contribution is 2.22. The third-order valence-electron chi connectivity index (χ3n) is 2.74. The number of nitrogens with zero attached hydrogens (tertiary/aromatic N) is 2. The van der Waals surface area contributed by atoms with Crippen molar-refractivity contribution < 1.29 is 17.9 Å². The smallest absolute Gasteiger partial charge is 0.401 e. The summed E-state index contributed by atoms with van der Waals surface area (Å²) in [5.74, 6) is 0.383. The third-order valence-corrected chi connectivity index (χ3v) is 2.74. The van der Waals surface area contributed by atoms with Crippen molar-refractivity contribution in [1.82, 2.24) is 4.90 Å². The summed E-state index contributed by atoms with van der Waals surface area (Å²) in [5, 5.41) is 8.87. The molecule has 0 aromatic heterocycles. The molecule has 20 heavy (non-hydrogen) atoms. The Morgan fingerprint density at radius 1 is 1.35 bits per heavy atom. The van der Waals surface area contributed by atoms with E-state index >= 15 is 0 Å². The maximum Gasteiger partial charge on any atom is 0.401 e. The van der Waals surface area contributed by atoms with Crippen LogP contribution in [0.5, 0.6) is 5.75 Å². The van der Waals surface area contributed by atoms with Crippen LogP contribution in [0, 0.1) is 11.3 Å². The molecule has 1 aromatic rings. The van der Waals surface area contributed by atoms with Crippen LogP contribution in [0.15, 0.2) is 18.2 Å². The second kappa shape index (κ2) is 7.15. The predicted octanol–water partition coefficient (Wildman–Crippen LogP) is 3.34. The average molecular weight is 286 g/mol. The molecule has 0 aliphatic heterocycles. The summed E-state index contributed by atoms with van der Waals surface area (Å²) in [4.78, 5) is 1.33. The van der Waals surface area contributed by atoms with E-state index in [0.717, 1.165) is 0 Å². The van der Waals surface area contributed by atoms with E-state index < -0.39 is 12.7 Å². The van der Waals surface area contributed by atoms with Gasteiger partial charge in [-0.05, 0) is 30.7 Å². The first kappa shape index (κ1) is 16.3. The average Bonchev–Trinajstić information content (AvgIpc) is 2.37. The van der Waals surface area contributed by atoms with Gasteiger partial charge >= 0.3 is 6.18 Å². The summed E-state index contributed by atoms with van der Waals surface area (Å²) in [6.07, 6.45) is -3.57. The number of alkyl halides is 3. The quantitative estimate of drug-likeness (QED) is 0.804. The first-order valence-electron chi connectivity index (χ1n) is 6.25. The molecule has 0 aliphatic carbocycles. The molecule has 0 fully saturated rings. The van der Waals surface area contributed by atoms with E-state index in [0.29, 0.717) is 29.8 Å². The zero-order chi connectivity index (χ0) is 15.2. The summed E-state index contributed by atoms with van der Waals surface area (Å²) >= 11 is 0. The first-order valence-corrected chi connectivity index (χ1v) is 6.25. The van der Waals surface area contributed by atoms with Crippen LogP contribution in [-0.4, -0.2) is 31.3 Å². The number of rotatable bonds is 6. The minimum atomic E-state index is -4.22. The maximum atomic E-state index is 12.5. The summed E-state index contributed by atoms with van der Waals surface area (Å²) in [7, 11) is 1.43. The molecule has 0 aliphatic rings. The largest absolute Gasteiger partial charge is 0.495 e. The Morgan fingerprint density at radius 3 is 2.55 bits per heavy atom. The summed E-state index contributed by atoms with van der Waals surface area (Å²) < 4.78 is 42.5. The minimum Gasteiger partial charge on any atom is -0.495 e. The Balaban J connectivity index is 2.86. The fourth-order valence-electron chi connectivity index (χ4n) is 1.97. The lowest BCUT2D eigenvalue weighted by Gasteiger charge is -2.23. The molecule has 0 spiro atoms. The Kier molecular flexibility index (Phi) is 5.83. The number of hydrogen-bond acceptors (Lipinski definition) is 3. The third kappa shape index (κ3) is 5.10. The van der Waals surface area contributed by atoms with E-state index in [1.165, 1.54) is 12.0 Å². The van der Waals surface area contributed by atoms with Crippen LogP contribution in [0.2, 0.25) is 0 Å². The Morgan fingerprint density at radius 2 is 2.05 bits per heavy atom. The summed E-state index contributed by atoms with van der Waals surface area (Å²) in [6, 6.07) is 6.79. The zero-order valence-electron chi connectivity index (χ0n) is 11.5. The van der Waals surface area contributed by atoms with Crippen molar-refractivity contribution in [1.29, 1.82) is 5.26 Å². The second-order valence-electron chi connectivity index (χ2n) is 4.47. The molecule has 0 saturated heterocycles. The lowest BCUT2D eigenvalue weighted by Crippen LogP contribution is -2.34. The van der Waals surface area contributed by atoms with Crippen LogP contribution in [0.3, 0.4) is 0 Å². The van der Waals surface area contributed by atoms with Crippen molar-refractivity contribution >= 4 is 0 Å². The maximum absolute atomic E-state index is 12.5. The minimum absolute atomic E-state index is 0.176. The van der Waals surface area contributed by atoms with Crippen molar-refractivity contribution in [3.05, 3.63) is 29.3 Å². The molecule has 0 atom stereocenters. The van der Waals surface area contributed by atoms with Gasteiger partial charge < -0.3 is 4.74 Å². The van der Waals surface area contributed by atoms with Crippen molar-refractivity contribution in [3.8, 4) is 11.8 Å². The van der Waals surface area contributed by atoms with Crippen molar-refractivity contribution in [3.63, 3.8) is 0 Å². The normalized spacial score (nSPS) is 11.4. The molecule has 0 heterocycles. The van der Waals surface area contributed by atoms with Crippen LogP contribution in [0.25, 0.3) is 0 Å². The molecule has 0 amide bonds. The Bertz CT molecular complexity index is 480. The molecule has 0 saturated carbocycles. The number of hydrogen-bond donors (Lipinski definition) is 0. The fraction of sp³-hybridized carbons (Fsp3) is 0.500. The van der Waals surface area contributed by atoms with Gasteiger partial charge in [-0.1, -0.05) is 13.0 Å². The second-order valence-corrected chi connectivity index (χ2v) is 4.47. The number of benzene rings is 1. The molecule has 1 rings (SSSR count). The number of methoxy groups -OCH3 is 1. The van der Waals surface area contributed by atoms with Crippen molar-refractivity contribution in [2.24, 2.45) is 0 Å². The van der Waals surface area contributed by atoms with Crippen molar-refractivity contribution in [2.45, 2.75) is 26.1 Å². The predicted molar refractivity (Wildman–Crippen MR) is 69.3 cm³/mol. The van der Waals surface area contributed by atoms with Gasteiger partial charge in [-0.25, -0.2) is 0 Å². The van der Waals surface area contributed by atoms with Gasteiger partial charge in [-0.15, -0.1) is 0 Å². The van der Waals surface area contributed by atoms with Crippen LogP contribution in [-0.2, 0) is 6.54 Å². The number of halogens is 3. The van der Waals surface area contributed by atoms with Gasteiger partial charge in [-0.2, -0.15) is 18.4 Å². The van der Waals surface area contributed by atoms with Gasteiger partial charge in [0.15, 0.2) is 0 Å². The summed E-state index contributed by atoms with van der Waals surface area (Å²) in [5.41, 5.74) is 1.06. The monoisotopic (exact) mass is 286 g/mol. The molecule has 1 aromatic carbocycles. The molecular weight excluding hydrogens is 269 g/mol. The van der Waals surface area contributed by atoms with Crippen LogP contribution < -0.4 is 4.74 Å². The molecule has 0 N–H and O–H groups in total. The van der Waals surface area contributed by atoms with Gasteiger partial charge in [0.1, 0.15) is 11.8 Å². The Hall–Kier alpha value is -1.74. The van der Waals surface area contributed by atoms with E-state index in [4.69, 9.17) is 10.00 Å². The van der Waals surface area contributed by atoms with Crippen LogP contribution >= 0.6 is 0 Å². The molecule has 0 radical (unpaired) electrons. The Labute approximate surface area is 116 Å². The van der Waals surface area contributed by atoms with E-state index in [9.17, 15) is 13.2 Å². The zero-order valence-corrected chi connectivity index (χ0v) is 11.5. The molecule has 110 valence electrons. The molecular formula is C14H17F3N2O. The lowest BCUT2D eigenvalue weighted by atomic mass is 10.1. The highest BCUT2D eigenvalue weighted by atomic mass is 19.4. The van der Waals surface area contributed by atoms with E-state index in [1.807, 2.05) is 13.0 Å². The standard InChI is InChI=1S/C14H17F3N2O/c1-3-6-19(10-14(15,16)17)9-11-4-5-12(8-18)13(7-11)20-2/h4-5,7H,3,6,9-10H2,1-2H3. The lowest BCUT2D eigenvalue weighted by molar-refractivity contribution is -0.147. The van der Waals surface area contributed by atoms with Gasteiger partial charge in [0.2, 0.25) is 0 Å². The SMILES string of the molecule is CCCN(Cc1ccc(C#N)c(OC)c1)CC(F)(F)F. The summed E-state index contributed by atoms with van der Waals surface area (Å²) in [6.45, 7) is 1.43. The number of nitriles is 1. The van der Waals surface area contributed by atoms with E-state index in [1.54, 1.807) is 18.2 Å². The molecule has 6 heteroatoms. The van der Waals surface area contributed by atoms with Gasteiger partial charge in [0.25, 0.3) is 0 Å².